The van der Waals surface area contributed by atoms with Gasteiger partial charge in [-0.15, -0.1) is 0 Å². The van der Waals surface area contributed by atoms with Crippen LogP contribution in [-0.2, 0) is 10.8 Å². The molecule has 0 aliphatic carbocycles. The number of benzene rings is 7. The number of hydrogen-bond donors (Lipinski definition) is 1. The molecule has 4 nitrogen and oxygen atoms in total. The number of nitrogens with zero attached hydrogens (tertiary/aromatic N) is 3. The van der Waals surface area contributed by atoms with Crippen LogP contribution in [0.3, 0.4) is 0 Å². The van der Waals surface area contributed by atoms with Gasteiger partial charge in [0, 0.05) is 22.8 Å². The molecule has 9 rings (SSSR count). The van der Waals surface area contributed by atoms with Gasteiger partial charge in [0.1, 0.15) is 11.6 Å². The quantitative estimate of drug-likeness (QED) is 0.166. The van der Waals surface area contributed by atoms with Gasteiger partial charge in [0.05, 0.1) is 28.0 Å². The molecule has 9 aromatic rings. The van der Waals surface area contributed by atoms with Gasteiger partial charge in [0.2, 0.25) is 0 Å². The van der Waals surface area contributed by atoms with Crippen LogP contribution in [0.5, 0.6) is 5.75 Å². The highest BCUT2D eigenvalue weighted by atomic mass is 16.3. The van der Waals surface area contributed by atoms with Crippen LogP contribution >= 0.6 is 0 Å². The molecule has 0 unspecified atom stereocenters. The lowest BCUT2D eigenvalue weighted by atomic mass is 9.78. The van der Waals surface area contributed by atoms with Crippen molar-refractivity contribution in [1.82, 2.24) is 14.5 Å². The summed E-state index contributed by atoms with van der Waals surface area (Å²) < 4.78 is 37.9. The summed E-state index contributed by atoms with van der Waals surface area (Å²) in [4.78, 5) is 10.4. The third kappa shape index (κ3) is 8.37. The van der Waals surface area contributed by atoms with Gasteiger partial charge in [0.15, 0.2) is 0 Å². The van der Waals surface area contributed by atoms with Crippen LogP contribution < -0.4 is 0 Å². The summed E-state index contributed by atoms with van der Waals surface area (Å²) in [5.74, 6) is -0.172. The Bertz CT molecular complexity index is 3440. The van der Waals surface area contributed by atoms with Crippen molar-refractivity contribution >= 4 is 11.0 Å². The van der Waals surface area contributed by atoms with E-state index in [0.717, 1.165) is 78.0 Å². The Morgan fingerprint density at radius 2 is 1.30 bits per heavy atom. The Balaban J connectivity index is 1.29. The zero-order valence-electron chi connectivity index (χ0n) is 43.8. The first-order valence-corrected chi connectivity index (χ1v) is 22.9. The number of hydrogen-bond acceptors (Lipinski definition) is 3. The number of phenols is 1. The molecule has 2 aromatic heterocycles. The zero-order chi connectivity index (χ0) is 50.1. The van der Waals surface area contributed by atoms with E-state index in [1.807, 2.05) is 117 Å². The molecule has 0 fully saturated rings. The van der Waals surface area contributed by atoms with Gasteiger partial charge >= 0.3 is 0 Å². The Labute approximate surface area is 397 Å². The molecule has 0 aliphatic heterocycles. The second kappa shape index (κ2) is 17.1. The van der Waals surface area contributed by atoms with Crippen LogP contribution in [0.2, 0.25) is 0 Å². The number of para-hydroxylation sites is 1. The van der Waals surface area contributed by atoms with Gasteiger partial charge in [-0.25, -0.2) is 4.98 Å². The Morgan fingerprint density at radius 1 is 0.591 bits per heavy atom. The maximum Gasteiger partial charge on any atom is 0.149 e. The topological polar surface area (TPSA) is 50.9 Å². The predicted molar refractivity (Wildman–Crippen MR) is 279 cm³/mol. The molecule has 66 heavy (non-hydrogen) atoms. The van der Waals surface area contributed by atoms with E-state index in [9.17, 15) is 5.11 Å². The van der Waals surface area contributed by atoms with E-state index < -0.39 is 12.7 Å². The van der Waals surface area contributed by atoms with E-state index in [0.29, 0.717) is 33.7 Å². The average Bonchev–Trinajstić information content (AvgIpc) is 3.71. The standard InChI is InChI=1S/C62H61N3O/c1-38(2)42-23-25-43(26-24-42)45-29-30-63-54(37-45)48-34-47(35-49(36-48)61(6,7)8)51-20-16-22-56-58(51)64-60(52-32-39(3)31-41(5)59(52)66)65(56)55-28-27-46(33-40(55)4)57-50(44-17-13-12-14-18-44)19-15-21-53(57)62(9,10)11/h12-38,66H,1-11H3/i4D3,38D. The largest absolute Gasteiger partial charge is 0.507 e. The number of aryl methyl sites for hydroxylation is 3. The number of aromatic hydroxyl groups is 1. The van der Waals surface area contributed by atoms with E-state index in [2.05, 4.69) is 114 Å². The normalized spacial score (nSPS) is 13.3. The summed E-state index contributed by atoms with van der Waals surface area (Å²) in [5.41, 5.74) is 16.3. The summed E-state index contributed by atoms with van der Waals surface area (Å²) in [5, 5.41) is 11.9. The van der Waals surface area contributed by atoms with Gasteiger partial charge in [-0.2, -0.15) is 0 Å². The molecule has 0 spiro atoms. The lowest BCUT2D eigenvalue weighted by molar-refractivity contribution is 0.472. The maximum absolute atomic E-state index is 11.9. The lowest BCUT2D eigenvalue weighted by Crippen LogP contribution is -2.13. The molecule has 0 atom stereocenters. The molecule has 0 saturated carbocycles. The smallest absolute Gasteiger partial charge is 0.149 e. The molecule has 0 radical (unpaired) electrons. The number of fused-ring (bicyclic) bond motifs is 1. The molecule has 0 saturated heterocycles. The highest BCUT2D eigenvalue weighted by Gasteiger charge is 2.26. The van der Waals surface area contributed by atoms with Gasteiger partial charge in [-0.1, -0.05) is 159 Å². The molecule has 2 heterocycles. The van der Waals surface area contributed by atoms with Crippen LogP contribution in [0.25, 0.3) is 83.9 Å². The summed E-state index contributed by atoms with van der Waals surface area (Å²) in [6, 6.07) is 51.2. The summed E-state index contributed by atoms with van der Waals surface area (Å²) >= 11 is 0. The minimum absolute atomic E-state index is 0.0865. The first kappa shape index (κ1) is 39.3. The minimum atomic E-state index is -2.54. The first-order chi connectivity index (χ1) is 33.0. The maximum atomic E-state index is 11.9. The van der Waals surface area contributed by atoms with Gasteiger partial charge < -0.3 is 5.11 Å². The molecule has 0 aliphatic rings. The number of rotatable bonds is 8. The van der Waals surface area contributed by atoms with Crippen molar-refractivity contribution < 1.29 is 10.6 Å². The number of imidazole rings is 1. The second-order valence-electron chi connectivity index (χ2n) is 20.1. The van der Waals surface area contributed by atoms with Crippen molar-refractivity contribution in [3.05, 3.63) is 191 Å². The van der Waals surface area contributed by atoms with Crippen molar-refractivity contribution in [2.24, 2.45) is 0 Å². The van der Waals surface area contributed by atoms with Crippen LogP contribution in [0.15, 0.2) is 158 Å². The molecule has 0 amide bonds. The molecule has 4 heteroatoms. The third-order valence-corrected chi connectivity index (χ3v) is 12.8. The lowest BCUT2D eigenvalue weighted by Gasteiger charge is -2.26. The highest BCUT2D eigenvalue weighted by molar-refractivity contribution is 5.97. The number of pyridine rings is 1. The third-order valence-electron chi connectivity index (χ3n) is 12.8. The molecule has 7 aromatic carbocycles. The van der Waals surface area contributed by atoms with E-state index in [1.165, 1.54) is 0 Å². The summed E-state index contributed by atoms with van der Waals surface area (Å²) in [6.07, 6.45) is 1.85. The minimum Gasteiger partial charge on any atom is -0.507 e. The molecule has 0 bridgehead atoms. The Hall–Kier alpha value is -7.04. The fourth-order valence-corrected chi connectivity index (χ4v) is 9.25. The van der Waals surface area contributed by atoms with Crippen molar-refractivity contribution in [2.45, 2.75) is 92.8 Å². The van der Waals surface area contributed by atoms with Gasteiger partial charge in [-0.3, -0.25) is 9.55 Å². The van der Waals surface area contributed by atoms with Gasteiger partial charge in [0.25, 0.3) is 0 Å². The average molecular weight is 868 g/mol. The SMILES string of the molecule is [2H]C([2H])([2H])c1cc(-c2c(-c3ccccc3)cccc2C(C)(C)C)ccc1-n1c(-c2cc(C)cc(C)c2O)nc2c(-c3cc(-c4cc(-c5ccc(C([2H])(C)C)cc5)ccn4)cc(C(C)(C)C)c3)cccc21. The van der Waals surface area contributed by atoms with Crippen molar-refractivity contribution in [1.29, 1.82) is 0 Å². The summed E-state index contributed by atoms with van der Waals surface area (Å²) in [7, 11) is 0. The van der Waals surface area contributed by atoms with Crippen molar-refractivity contribution in [2.75, 3.05) is 0 Å². The molecule has 1 N–H and O–H groups in total. The summed E-state index contributed by atoms with van der Waals surface area (Å²) in [6.45, 7) is 18.3. The van der Waals surface area contributed by atoms with Crippen LogP contribution in [-0.4, -0.2) is 19.6 Å². The molecule has 330 valence electrons. The van der Waals surface area contributed by atoms with Crippen LogP contribution in [0, 0.1) is 20.7 Å². The monoisotopic (exact) mass is 868 g/mol. The number of aromatic nitrogens is 3. The van der Waals surface area contributed by atoms with E-state index in [4.69, 9.17) is 15.5 Å². The van der Waals surface area contributed by atoms with Crippen LogP contribution in [0.1, 0.15) is 100 Å². The van der Waals surface area contributed by atoms with Crippen LogP contribution in [0.4, 0.5) is 0 Å². The fourth-order valence-electron chi connectivity index (χ4n) is 9.25. The highest BCUT2D eigenvalue weighted by Crippen LogP contribution is 2.44. The van der Waals surface area contributed by atoms with E-state index in [-0.39, 0.29) is 22.1 Å². The molecular formula is C62H61N3O. The van der Waals surface area contributed by atoms with Crippen molar-refractivity contribution in [3.8, 4) is 78.6 Å². The Morgan fingerprint density at radius 3 is 2.02 bits per heavy atom. The van der Waals surface area contributed by atoms with Gasteiger partial charge in [-0.05, 0) is 158 Å². The Kier molecular flexibility index (Phi) is 10.2. The van der Waals surface area contributed by atoms with Crippen molar-refractivity contribution in [3.63, 3.8) is 0 Å². The zero-order valence-corrected chi connectivity index (χ0v) is 39.8. The first-order valence-electron chi connectivity index (χ1n) is 24.9. The van der Waals surface area contributed by atoms with E-state index >= 15 is 0 Å². The second-order valence-corrected chi connectivity index (χ2v) is 20.1. The predicted octanol–water partition coefficient (Wildman–Crippen LogP) is 16.8. The number of phenolic OH excluding ortho intramolecular Hbond substituents is 1. The fraction of sp³-hybridized carbons (Fsp3) is 0.226. The van der Waals surface area contributed by atoms with E-state index in [1.54, 1.807) is 0 Å². The molecular weight excluding hydrogens is 803 g/mol.